The summed E-state index contributed by atoms with van der Waals surface area (Å²) in [4.78, 5) is 24.6. The lowest BCUT2D eigenvalue weighted by molar-refractivity contribution is -0.127. The first-order chi connectivity index (χ1) is 7.06. The van der Waals surface area contributed by atoms with E-state index >= 15 is 0 Å². The minimum Gasteiger partial charge on any atom is -0.326 e. The van der Waals surface area contributed by atoms with Gasteiger partial charge in [0.2, 0.25) is 0 Å². The number of carbonyl (C=O) groups is 2. The zero-order chi connectivity index (χ0) is 11.4. The molecule has 0 saturated carbocycles. The van der Waals surface area contributed by atoms with Crippen molar-refractivity contribution in [3.8, 4) is 0 Å². The molecule has 4 nitrogen and oxygen atoms in total. The molecule has 1 rings (SSSR count). The van der Waals surface area contributed by atoms with Gasteiger partial charge >= 0.3 is 6.03 Å². The number of rotatable bonds is 5. The zero-order valence-electron chi connectivity index (χ0n) is 9.75. The topological polar surface area (TPSA) is 49.4 Å². The summed E-state index contributed by atoms with van der Waals surface area (Å²) in [6, 6.07) is -0.520. The van der Waals surface area contributed by atoms with E-state index in [1.165, 1.54) is 4.90 Å². The van der Waals surface area contributed by atoms with Gasteiger partial charge in [-0.1, -0.05) is 27.2 Å². The maximum Gasteiger partial charge on any atom is 0.324 e. The van der Waals surface area contributed by atoms with E-state index in [1.807, 2.05) is 20.8 Å². The Morgan fingerprint density at radius 2 is 2.07 bits per heavy atom. The summed E-state index contributed by atoms with van der Waals surface area (Å²) in [5.74, 6) is 0.368. The van der Waals surface area contributed by atoms with Gasteiger partial charge in [0.1, 0.15) is 6.04 Å². The van der Waals surface area contributed by atoms with Crippen molar-refractivity contribution in [2.24, 2.45) is 5.92 Å². The molecular formula is C11H20N2O2. The third kappa shape index (κ3) is 2.94. The third-order valence-corrected chi connectivity index (χ3v) is 2.55. The smallest absolute Gasteiger partial charge is 0.324 e. The van der Waals surface area contributed by atoms with Crippen LogP contribution < -0.4 is 5.32 Å². The quantitative estimate of drug-likeness (QED) is 0.706. The van der Waals surface area contributed by atoms with E-state index < -0.39 is 0 Å². The van der Waals surface area contributed by atoms with Crippen molar-refractivity contribution >= 4 is 11.9 Å². The van der Waals surface area contributed by atoms with Gasteiger partial charge in [0, 0.05) is 6.54 Å². The Hall–Kier alpha value is -1.06. The molecule has 1 heterocycles. The third-order valence-electron chi connectivity index (χ3n) is 2.55. The van der Waals surface area contributed by atoms with Crippen LogP contribution in [0, 0.1) is 5.92 Å². The molecular weight excluding hydrogens is 192 g/mol. The van der Waals surface area contributed by atoms with Crippen molar-refractivity contribution < 1.29 is 9.59 Å². The Kier molecular flexibility index (Phi) is 4.12. The van der Waals surface area contributed by atoms with Crippen molar-refractivity contribution in [3.63, 3.8) is 0 Å². The molecule has 0 spiro atoms. The lowest BCUT2D eigenvalue weighted by atomic mass is 10.0. The van der Waals surface area contributed by atoms with Crippen molar-refractivity contribution in [1.29, 1.82) is 0 Å². The zero-order valence-corrected chi connectivity index (χ0v) is 9.75. The van der Waals surface area contributed by atoms with Crippen LogP contribution in [0.15, 0.2) is 0 Å². The second-order valence-electron chi connectivity index (χ2n) is 4.48. The maximum absolute atomic E-state index is 11.8. The second-order valence-corrected chi connectivity index (χ2v) is 4.48. The normalized spacial score (nSPS) is 21.3. The highest BCUT2D eigenvalue weighted by Gasteiger charge is 2.37. The Labute approximate surface area is 91.0 Å². The molecule has 1 aliphatic heterocycles. The minimum atomic E-state index is -0.297. The number of unbranched alkanes of at least 4 members (excludes halogenated alkanes) is 1. The Morgan fingerprint density at radius 1 is 1.40 bits per heavy atom. The van der Waals surface area contributed by atoms with E-state index in [9.17, 15) is 9.59 Å². The van der Waals surface area contributed by atoms with Crippen LogP contribution in [0.5, 0.6) is 0 Å². The summed E-state index contributed by atoms with van der Waals surface area (Å²) >= 11 is 0. The van der Waals surface area contributed by atoms with Crippen molar-refractivity contribution in [2.45, 2.75) is 46.1 Å². The Balaban J connectivity index is 2.54. The van der Waals surface area contributed by atoms with Gasteiger partial charge in [-0.05, 0) is 18.8 Å². The predicted octanol–water partition coefficient (Wildman–Crippen LogP) is 1.75. The number of amides is 3. The van der Waals surface area contributed by atoms with Crippen LogP contribution in [0.1, 0.15) is 40.0 Å². The van der Waals surface area contributed by atoms with E-state index in [1.54, 1.807) is 0 Å². The summed E-state index contributed by atoms with van der Waals surface area (Å²) in [6.07, 6.45) is 2.60. The molecule has 0 radical (unpaired) electrons. The summed E-state index contributed by atoms with van der Waals surface area (Å²) < 4.78 is 0. The number of hydrogen-bond donors (Lipinski definition) is 1. The summed E-state index contributed by atoms with van der Waals surface area (Å²) in [6.45, 7) is 6.70. The largest absolute Gasteiger partial charge is 0.326 e. The molecule has 0 aromatic carbocycles. The first-order valence-corrected chi connectivity index (χ1v) is 5.68. The van der Waals surface area contributed by atoms with Crippen molar-refractivity contribution in [2.75, 3.05) is 6.54 Å². The van der Waals surface area contributed by atoms with Crippen LogP contribution in [0.4, 0.5) is 4.79 Å². The fourth-order valence-electron chi connectivity index (χ4n) is 1.74. The van der Waals surface area contributed by atoms with Crippen LogP contribution >= 0.6 is 0 Å². The summed E-state index contributed by atoms with van der Waals surface area (Å²) in [7, 11) is 0. The standard InChI is InChI=1S/C11H20N2O2/c1-4-5-6-13-10(14)9(7-8(2)3)12-11(13)15/h8-9H,4-7H2,1-3H3,(H,12,15). The van der Waals surface area contributed by atoms with Crippen LogP contribution in [-0.4, -0.2) is 29.4 Å². The van der Waals surface area contributed by atoms with Crippen LogP contribution in [0.3, 0.4) is 0 Å². The van der Waals surface area contributed by atoms with Crippen LogP contribution in [0.2, 0.25) is 0 Å². The van der Waals surface area contributed by atoms with Gasteiger partial charge in [0.25, 0.3) is 5.91 Å². The van der Waals surface area contributed by atoms with E-state index in [2.05, 4.69) is 5.32 Å². The van der Waals surface area contributed by atoms with Crippen LogP contribution in [-0.2, 0) is 4.79 Å². The molecule has 0 aliphatic carbocycles. The van der Waals surface area contributed by atoms with Gasteiger partial charge in [-0.3, -0.25) is 9.69 Å². The number of hydrogen-bond acceptors (Lipinski definition) is 2. The molecule has 1 atom stereocenters. The Morgan fingerprint density at radius 3 is 2.60 bits per heavy atom. The molecule has 3 amide bonds. The van der Waals surface area contributed by atoms with Gasteiger partial charge in [-0.25, -0.2) is 4.79 Å². The van der Waals surface area contributed by atoms with E-state index in [0.29, 0.717) is 12.5 Å². The molecule has 1 fully saturated rings. The number of urea groups is 1. The van der Waals surface area contributed by atoms with Crippen LogP contribution in [0.25, 0.3) is 0 Å². The Bertz CT molecular complexity index is 251. The fraction of sp³-hybridized carbons (Fsp3) is 0.818. The number of imide groups is 1. The molecule has 1 N–H and O–H groups in total. The molecule has 0 aromatic heterocycles. The molecule has 1 unspecified atom stereocenters. The monoisotopic (exact) mass is 212 g/mol. The maximum atomic E-state index is 11.8. The molecule has 1 saturated heterocycles. The highest BCUT2D eigenvalue weighted by Crippen LogP contribution is 2.14. The molecule has 1 aliphatic rings. The predicted molar refractivity (Wildman–Crippen MR) is 58.4 cm³/mol. The lowest BCUT2D eigenvalue weighted by Gasteiger charge is -2.12. The van der Waals surface area contributed by atoms with E-state index in [4.69, 9.17) is 0 Å². The molecule has 0 bridgehead atoms. The lowest BCUT2D eigenvalue weighted by Crippen LogP contribution is -2.32. The van der Waals surface area contributed by atoms with Gasteiger partial charge in [-0.15, -0.1) is 0 Å². The van der Waals surface area contributed by atoms with E-state index in [-0.39, 0.29) is 18.0 Å². The molecule has 4 heteroatoms. The molecule has 15 heavy (non-hydrogen) atoms. The highest BCUT2D eigenvalue weighted by atomic mass is 16.2. The number of nitrogens with one attached hydrogen (secondary N) is 1. The average molecular weight is 212 g/mol. The van der Waals surface area contributed by atoms with E-state index in [0.717, 1.165) is 19.3 Å². The first-order valence-electron chi connectivity index (χ1n) is 5.68. The molecule has 86 valence electrons. The van der Waals surface area contributed by atoms with Gasteiger partial charge < -0.3 is 5.32 Å². The molecule has 0 aromatic rings. The number of carbonyl (C=O) groups excluding carboxylic acids is 2. The fourth-order valence-corrected chi connectivity index (χ4v) is 1.74. The summed E-state index contributed by atoms with van der Waals surface area (Å²) in [5, 5.41) is 2.73. The van der Waals surface area contributed by atoms with Crippen molar-refractivity contribution in [3.05, 3.63) is 0 Å². The van der Waals surface area contributed by atoms with Gasteiger partial charge in [0.15, 0.2) is 0 Å². The van der Waals surface area contributed by atoms with Gasteiger partial charge in [-0.2, -0.15) is 0 Å². The highest BCUT2D eigenvalue weighted by molar-refractivity contribution is 6.04. The minimum absolute atomic E-state index is 0.0536. The SMILES string of the molecule is CCCCN1C(=O)NC(CC(C)C)C1=O. The number of nitrogens with zero attached hydrogens (tertiary/aromatic N) is 1. The average Bonchev–Trinajstić information content (AvgIpc) is 2.39. The second kappa shape index (κ2) is 5.14. The summed E-state index contributed by atoms with van der Waals surface area (Å²) in [5.41, 5.74) is 0. The van der Waals surface area contributed by atoms with Gasteiger partial charge in [0.05, 0.1) is 0 Å². The van der Waals surface area contributed by atoms with Crippen molar-refractivity contribution in [1.82, 2.24) is 10.2 Å². The first kappa shape index (κ1) is 12.0.